The van der Waals surface area contributed by atoms with Gasteiger partial charge >= 0.3 is 0 Å². The third-order valence-corrected chi connectivity index (χ3v) is 2.45. The second-order valence-electron chi connectivity index (χ2n) is 3.76. The first-order valence-electron chi connectivity index (χ1n) is 5.46. The number of hydrogen-bond acceptors (Lipinski definition) is 3. The van der Waals surface area contributed by atoms with Gasteiger partial charge in [0.2, 0.25) is 0 Å². The normalized spacial score (nSPS) is 13.0. The molecule has 0 radical (unpaired) electrons. The van der Waals surface area contributed by atoms with Crippen molar-refractivity contribution in [3.8, 4) is 0 Å². The van der Waals surface area contributed by atoms with Gasteiger partial charge in [-0.2, -0.15) is 0 Å². The van der Waals surface area contributed by atoms with Crippen molar-refractivity contribution >= 4 is 0 Å². The van der Waals surface area contributed by atoms with Gasteiger partial charge in [-0.25, -0.2) is 8.78 Å². The van der Waals surface area contributed by atoms with Gasteiger partial charge in [-0.1, -0.05) is 24.3 Å². The zero-order valence-corrected chi connectivity index (χ0v) is 9.83. The molecule has 0 saturated heterocycles. The van der Waals surface area contributed by atoms with E-state index < -0.39 is 6.43 Å². The van der Waals surface area contributed by atoms with Gasteiger partial charge in [0.1, 0.15) is 0 Å². The zero-order chi connectivity index (χ0) is 12.7. The van der Waals surface area contributed by atoms with E-state index in [1.54, 1.807) is 7.11 Å². The molecule has 3 N–H and O–H groups in total. The van der Waals surface area contributed by atoms with E-state index in [0.717, 1.165) is 11.1 Å². The van der Waals surface area contributed by atoms with Crippen LogP contribution in [0.5, 0.6) is 0 Å². The Morgan fingerprint density at radius 1 is 1.29 bits per heavy atom. The summed E-state index contributed by atoms with van der Waals surface area (Å²) in [5.41, 5.74) is 7.51. The van der Waals surface area contributed by atoms with Crippen molar-refractivity contribution in [2.24, 2.45) is 5.73 Å². The van der Waals surface area contributed by atoms with Crippen LogP contribution in [0.2, 0.25) is 0 Å². The molecule has 1 rings (SSSR count). The van der Waals surface area contributed by atoms with E-state index in [0.29, 0.717) is 6.61 Å². The highest BCUT2D eigenvalue weighted by Gasteiger charge is 2.11. The molecule has 1 aromatic carbocycles. The van der Waals surface area contributed by atoms with Gasteiger partial charge in [0.15, 0.2) is 0 Å². The lowest BCUT2D eigenvalue weighted by atomic mass is 10.1. The van der Waals surface area contributed by atoms with Crippen LogP contribution in [0, 0.1) is 0 Å². The Hall–Kier alpha value is -1.04. The number of nitrogens with two attached hydrogens (primary N) is 1. The van der Waals surface area contributed by atoms with Gasteiger partial charge < -0.3 is 15.8 Å². The SMILES string of the molecule is COCc1ccc(C(CN)NCC(F)F)cc1. The van der Waals surface area contributed by atoms with Gasteiger partial charge in [-0.15, -0.1) is 0 Å². The highest BCUT2D eigenvalue weighted by molar-refractivity contribution is 5.25. The molecule has 0 saturated carbocycles. The summed E-state index contributed by atoms with van der Waals surface area (Å²) in [4.78, 5) is 0. The summed E-state index contributed by atoms with van der Waals surface area (Å²) >= 11 is 0. The minimum atomic E-state index is -2.36. The largest absolute Gasteiger partial charge is 0.380 e. The summed E-state index contributed by atoms with van der Waals surface area (Å²) in [5.74, 6) is 0. The van der Waals surface area contributed by atoms with E-state index in [-0.39, 0.29) is 19.1 Å². The third kappa shape index (κ3) is 4.77. The Morgan fingerprint density at radius 3 is 2.41 bits per heavy atom. The molecular formula is C12H18F2N2O. The lowest BCUT2D eigenvalue weighted by Crippen LogP contribution is -2.31. The van der Waals surface area contributed by atoms with Crippen molar-refractivity contribution in [2.75, 3.05) is 20.2 Å². The minimum absolute atomic E-state index is 0.236. The molecule has 1 unspecified atom stereocenters. The Morgan fingerprint density at radius 2 is 1.94 bits per heavy atom. The molecule has 5 heteroatoms. The average molecular weight is 244 g/mol. The molecule has 0 amide bonds. The first kappa shape index (κ1) is 14.0. The van der Waals surface area contributed by atoms with E-state index in [4.69, 9.17) is 10.5 Å². The van der Waals surface area contributed by atoms with Crippen molar-refractivity contribution in [1.82, 2.24) is 5.32 Å². The Kier molecular flexibility index (Phi) is 6.04. The van der Waals surface area contributed by atoms with E-state index in [9.17, 15) is 8.78 Å². The second-order valence-corrected chi connectivity index (χ2v) is 3.76. The molecule has 0 aliphatic rings. The smallest absolute Gasteiger partial charge is 0.250 e. The summed E-state index contributed by atoms with van der Waals surface area (Å²) < 4.78 is 29.2. The lowest BCUT2D eigenvalue weighted by Gasteiger charge is -2.17. The van der Waals surface area contributed by atoms with Crippen LogP contribution in [0.15, 0.2) is 24.3 Å². The highest BCUT2D eigenvalue weighted by atomic mass is 19.3. The van der Waals surface area contributed by atoms with Crippen molar-refractivity contribution in [1.29, 1.82) is 0 Å². The molecule has 17 heavy (non-hydrogen) atoms. The standard InChI is InChI=1S/C12H18F2N2O/c1-17-8-9-2-4-10(5-3-9)11(6-15)16-7-12(13)14/h2-5,11-12,16H,6-8,15H2,1H3. The van der Waals surface area contributed by atoms with Gasteiger partial charge in [-0.3, -0.25) is 0 Å². The van der Waals surface area contributed by atoms with Crippen LogP contribution in [0.1, 0.15) is 17.2 Å². The number of nitrogens with one attached hydrogen (secondary N) is 1. The van der Waals surface area contributed by atoms with Crippen molar-refractivity contribution in [3.63, 3.8) is 0 Å². The van der Waals surface area contributed by atoms with Crippen LogP contribution >= 0.6 is 0 Å². The number of methoxy groups -OCH3 is 1. The number of benzene rings is 1. The van der Waals surface area contributed by atoms with Gasteiger partial charge in [-0.05, 0) is 11.1 Å². The maximum absolute atomic E-state index is 12.1. The zero-order valence-electron chi connectivity index (χ0n) is 9.83. The summed E-state index contributed by atoms with van der Waals surface area (Å²) in [6, 6.07) is 7.34. The molecular weight excluding hydrogens is 226 g/mol. The van der Waals surface area contributed by atoms with Crippen LogP contribution in [-0.2, 0) is 11.3 Å². The fraction of sp³-hybridized carbons (Fsp3) is 0.500. The first-order chi connectivity index (χ1) is 8.17. The second kappa shape index (κ2) is 7.32. The maximum atomic E-state index is 12.1. The monoisotopic (exact) mass is 244 g/mol. The molecule has 0 aromatic heterocycles. The molecule has 0 fully saturated rings. The van der Waals surface area contributed by atoms with Crippen LogP contribution in [0.4, 0.5) is 8.78 Å². The molecule has 96 valence electrons. The molecule has 0 spiro atoms. The van der Waals surface area contributed by atoms with Crippen LogP contribution in [-0.4, -0.2) is 26.6 Å². The maximum Gasteiger partial charge on any atom is 0.250 e. The molecule has 0 bridgehead atoms. The Labute approximate surface area is 100.0 Å². The van der Waals surface area contributed by atoms with E-state index in [1.165, 1.54) is 0 Å². The molecule has 0 aliphatic heterocycles. The van der Waals surface area contributed by atoms with Gasteiger partial charge in [0.05, 0.1) is 13.2 Å². The fourth-order valence-corrected chi connectivity index (χ4v) is 1.58. The topological polar surface area (TPSA) is 47.3 Å². The van der Waals surface area contributed by atoms with E-state index >= 15 is 0 Å². The fourth-order valence-electron chi connectivity index (χ4n) is 1.58. The molecule has 3 nitrogen and oxygen atoms in total. The first-order valence-corrected chi connectivity index (χ1v) is 5.46. The Bertz CT molecular complexity index is 317. The summed E-state index contributed by atoms with van der Waals surface area (Å²) in [5, 5.41) is 2.73. The number of rotatable bonds is 7. The minimum Gasteiger partial charge on any atom is -0.380 e. The number of hydrogen-bond donors (Lipinski definition) is 2. The van der Waals surface area contributed by atoms with Crippen molar-refractivity contribution < 1.29 is 13.5 Å². The predicted octanol–water partition coefficient (Wildman–Crippen LogP) is 1.69. The molecule has 1 aromatic rings. The summed E-state index contributed by atoms with van der Waals surface area (Å²) in [6.07, 6.45) is -2.36. The quantitative estimate of drug-likeness (QED) is 0.767. The van der Waals surface area contributed by atoms with Crippen molar-refractivity contribution in [3.05, 3.63) is 35.4 Å². The van der Waals surface area contributed by atoms with Crippen molar-refractivity contribution in [2.45, 2.75) is 19.1 Å². The third-order valence-electron chi connectivity index (χ3n) is 2.45. The van der Waals surface area contributed by atoms with E-state index in [1.807, 2.05) is 24.3 Å². The lowest BCUT2D eigenvalue weighted by molar-refractivity contribution is 0.141. The van der Waals surface area contributed by atoms with Crippen LogP contribution in [0.3, 0.4) is 0 Å². The predicted molar refractivity (Wildman–Crippen MR) is 63.0 cm³/mol. The molecule has 1 atom stereocenters. The van der Waals surface area contributed by atoms with Gasteiger partial charge in [0.25, 0.3) is 6.43 Å². The molecule has 0 aliphatic carbocycles. The average Bonchev–Trinajstić information content (AvgIpc) is 2.32. The highest BCUT2D eigenvalue weighted by Crippen LogP contribution is 2.13. The summed E-state index contributed by atoms with van der Waals surface area (Å²) in [7, 11) is 1.63. The van der Waals surface area contributed by atoms with Crippen LogP contribution in [0.25, 0.3) is 0 Å². The van der Waals surface area contributed by atoms with Gasteiger partial charge in [0, 0.05) is 19.7 Å². The Balaban J connectivity index is 2.61. The number of halogens is 2. The number of ether oxygens (including phenoxy) is 1. The number of alkyl halides is 2. The van der Waals surface area contributed by atoms with Crippen LogP contribution < -0.4 is 11.1 Å². The molecule has 0 heterocycles. The van der Waals surface area contributed by atoms with E-state index in [2.05, 4.69) is 5.32 Å². The summed E-state index contributed by atoms with van der Waals surface area (Å²) in [6.45, 7) is 0.482.